The summed E-state index contributed by atoms with van der Waals surface area (Å²) in [5.41, 5.74) is 3.12. The fraction of sp³-hybridized carbons (Fsp3) is 0.188. The number of ether oxygens (including phenoxy) is 1. The Morgan fingerprint density at radius 3 is 2.68 bits per heavy atom. The van der Waals surface area contributed by atoms with Crippen LogP contribution in [0, 0.1) is 0 Å². The maximum Gasteiger partial charge on any atom is 0.224 e. The van der Waals surface area contributed by atoms with E-state index >= 15 is 0 Å². The lowest BCUT2D eigenvalue weighted by Crippen LogP contribution is -2.20. The molecule has 0 saturated heterocycles. The maximum atomic E-state index is 11.6. The first-order valence-electron chi connectivity index (χ1n) is 6.17. The summed E-state index contributed by atoms with van der Waals surface area (Å²) in [5, 5.41) is 2.65. The first kappa shape index (κ1) is 13.1. The number of likely N-dealkylation sites (N-methyl/N-ethyl adjacent to an activating group) is 1. The molecule has 0 unspecified atom stereocenters. The smallest absolute Gasteiger partial charge is 0.224 e. The summed E-state index contributed by atoms with van der Waals surface area (Å²) < 4.78 is 5.24. The van der Waals surface area contributed by atoms with Gasteiger partial charge in [0.1, 0.15) is 5.75 Å². The lowest BCUT2D eigenvalue weighted by molar-refractivity contribution is -0.119. The molecule has 0 radical (unpaired) electrons. The molecule has 0 saturated carbocycles. The van der Waals surface area contributed by atoms with Crippen molar-refractivity contribution in [1.82, 2.24) is 5.32 Å². The Hall–Kier alpha value is -2.29. The minimum Gasteiger partial charge on any atom is -0.497 e. The van der Waals surface area contributed by atoms with Gasteiger partial charge in [0, 0.05) is 7.05 Å². The van der Waals surface area contributed by atoms with Crippen LogP contribution in [0.25, 0.3) is 11.1 Å². The fourth-order valence-corrected chi connectivity index (χ4v) is 2.01. The topological polar surface area (TPSA) is 38.3 Å². The van der Waals surface area contributed by atoms with Gasteiger partial charge in [0.25, 0.3) is 0 Å². The molecule has 0 heterocycles. The van der Waals surface area contributed by atoms with Crippen LogP contribution in [0.3, 0.4) is 0 Å². The summed E-state index contributed by atoms with van der Waals surface area (Å²) in [7, 11) is 3.30. The van der Waals surface area contributed by atoms with Gasteiger partial charge in [0.05, 0.1) is 13.5 Å². The molecule has 1 N–H and O–H groups in total. The van der Waals surface area contributed by atoms with Crippen molar-refractivity contribution < 1.29 is 9.53 Å². The average molecular weight is 255 g/mol. The largest absolute Gasteiger partial charge is 0.497 e. The Bertz CT molecular complexity index is 578. The van der Waals surface area contributed by atoms with Crippen LogP contribution in [-0.4, -0.2) is 20.1 Å². The number of amides is 1. The zero-order valence-electron chi connectivity index (χ0n) is 11.1. The normalized spacial score (nSPS) is 10.0. The van der Waals surface area contributed by atoms with Gasteiger partial charge in [-0.05, 0) is 28.8 Å². The van der Waals surface area contributed by atoms with Gasteiger partial charge >= 0.3 is 0 Å². The third kappa shape index (κ3) is 3.13. The molecule has 3 nitrogen and oxygen atoms in total. The third-order valence-electron chi connectivity index (χ3n) is 3.03. The molecule has 0 aliphatic carbocycles. The summed E-state index contributed by atoms with van der Waals surface area (Å²) in [6, 6.07) is 15.8. The van der Waals surface area contributed by atoms with Gasteiger partial charge < -0.3 is 10.1 Å². The van der Waals surface area contributed by atoms with Crippen LogP contribution in [0.4, 0.5) is 0 Å². The number of rotatable bonds is 4. The maximum absolute atomic E-state index is 11.6. The van der Waals surface area contributed by atoms with E-state index in [0.717, 1.165) is 22.4 Å². The number of nitrogens with one attached hydrogen (secondary N) is 1. The Labute approximate surface area is 113 Å². The third-order valence-corrected chi connectivity index (χ3v) is 3.03. The molecule has 0 spiro atoms. The van der Waals surface area contributed by atoms with Crippen LogP contribution in [0.15, 0.2) is 48.5 Å². The first-order chi connectivity index (χ1) is 9.24. The molecule has 2 rings (SSSR count). The van der Waals surface area contributed by atoms with E-state index in [1.807, 2.05) is 48.5 Å². The number of hydrogen-bond acceptors (Lipinski definition) is 2. The van der Waals surface area contributed by atoms with E-state index in [1.54, 1.807) is 14.2 Å². The Morgan fingerprint density at radius 1 is 1.16 bits per heavy atom. The summed E-state index contributed by atoms with van der Waals surface area (Å²) >= 11 is 0. The van der Waals surface area contributed by atoms with E-state index in [9.17, 15) is 4.79 Å². The van der Waals surface area contributed by atoms with E-state index < -0.39 is 0 Å². The van der Waals surface area contributed by atoms with Crippen molar-refractivity contribution >= 4 is 5.91 Å². The fourth-order valence-electron chi connectivity index (χ4n) is 2.01. The summed E-state index contributed by atoms with van der Waals surface area (Å²) in [5.74, 6) is 0.822. The van der Waals surface area contributed by atoms with Gasteiger partial charge in [0.15, 0.2) is 0 Å². The predicted molar refractivity (Wildman–Crippen MR) is 76.2 cm³/mol. The van der Waals surface area contributed by atoms with E-state index in [-0.39, 0.29) is 5.91 Å². The molecular weight excluding hydrogens is 238 g/mol. The van der Waals surface area contributed by atoms with E-state index in [2.05, 4.69) is 5.32 Å². The molecular formula is C16H17NO2. The first-order valence-corrected chi connectivity index (χ1v) is 6.17. The highest BCUT2D eigenvalue weighted by Gasteiger charge is 2.08. The van der Waals surface area contributed by atoms with Crippen LogP contribution in [-0.2, 0) is 11.2 Å². The van der Waals surface area contributed by atoms with Crippen molar-refractivity contribution in [3.8, 4) is 16.9 Å². The lowest BCUT2D eigenvalue weighted by Gasteiger charge is -2.10. The lowest BCUT2D eigenvalue weighted by atomic mass is 9.97. The van der Waals surface area contributed by atoms with Gasteiger partial charge in [-0.3, -0.25) is 4.79 Å². The highest BCUT2D eigenvalue weighted by Crippen LogP contribution is 2.27. The van der Waals surface area contributed by atoms with Crippen molar-refractivity contribution in [1.29, 1.82) is 0 Å². The van der Waals surface area contributed by atoms with Gasteiger partial charge in [-0.1, -0.05) is 36.4 Å². The SMILES string of the molecule is CNC(=O)Cc1ccccc1-c1cccc(OC)c1. The molecule has 2 aromatic rings. The minimum atomic E-state index is 0.00958. The zero-order chi connectivity index (χ0) is 13.7. The van der Waals surface area contributed by atoms with Crippen LogP contribution in [0.5, 0.6) is 5.75 Å². The second kappa shape index (κ2) is 6.05. The number of hydrogen-bond donors (Lipinski definition) is 1. The van der Waals surface area contributed by atoms with Crippen LogP contribution in [0.1, 0.15) is 5.56 Å². The highest BCUT2D eigenvalue weighted by atomic mass is 16.5. The van der Waals surface area contributed by atoms with Gasteiger partial charge in [-0.15, -0.1) is 0 Å². The molecule has 98 valence electrons. The van der Waals surface area contributed by atoms with Crippen molar-refractivity contribution in [2.24, 2.45) is 0 Å². The van der Waals surface area contributed by atoms with Crippen LogP contribution < -0.4 is 10.1 Å². The van der Waals surface area contributed by atoms with Crippen molar-refractivity contribution in [2.45, 2.75) is 6.42 Å². The van der Waals surface area contributed by atoms with Crippen molar-refractivity contribution in [2.75, 3.05) is 14.2 Å². The van der Waals surface area contributed by atoms with Gasteiger partial charge in [-0.2, -0.15) is 0 Å². The Kier molecular flexibility index (Phi) is 4.18. The Balaban J connectivity index is 2.40. The average Bonchev–Trinajstić information content (AvgIpc) is 2.47. The number of carbonyl (C=O) groups excluding carboxylic acids is 1. The monoisotopic (exact) mass is 255 g/mol. The van der Waals surface area contributed by atoms with E-state index in [1.165, 1.54) is 0 Å². The molecule has 0 fully saturated rings. The minimum absolute atomic E-state index is 0.00958. The molecule has 1 amide bonds. The summed E-state index contributed by atoms with van der Waals surface area (Å²) in [4.78, 5) is 11.6. The summed E-state index contributed by atoms with van der Waals surface area (Å²) in [6.07, 6.45) is 0.379. The van der Waals surface area contributed by atoms with Gasteiger partial charge in [-0.25, -0.2) is 0 Å². The quantitative estimate of drug-likeness (QED) is 0.912. The molecule has 0 bridgehead atoms. The van der Waals surface area contributed by atoms with Crippen molar-refractivity contribution in [3.05, 3.63) is 54.1 Å². The molecule has 19 heavy (non-hydrogen) atoms. The molecule has 0 aliphatic heterocycles. The van der Waals surface area contributed by atoms with Gasteiger partial charge in [0.2, 0.25) is 5.91 Å². The number of benzene rings is 2. The van der Waals surface area contributed by atoms with Crippen molar-refractivity contribution in [3.63, 3.8) is 0 Å². The summed E-state index contributed by atoms with van der Waals surface area (Å²) in [6.45, 7) is 0. The zero-order valence-corrected chi connectivity index (χ0v) is 11.1. The molecule has 2 aromatic carbocycles. The molecule has 0 aliphatic rings. The second-order valence-electron chi connectivity index (χ2n) is 4.24. The number of carbonyl (C=O) groups is 1. The van der Waals surface area contributed by atoms with Crippen LogP contribution >= 0.6 is 0 Å². The Morgan fingerprint density at radius 2 is 1.95 bits per heavy atom. The van der Waals surface area contributed by atoms with E-state index in [4.69, 9.17) is 4.74 Å². The molecule has 0 atom stereocenters. The van der Waals surface area contributed by atoms with E-state index in [0.29, 0.717) is 6.42 Å². The second-order valence-corrected chi connectivity index (χ2v) is 4.24. The molecule has 3 heteroatoms. The molecule has 0 aromatic heterocycles. The predicted octanol–water partition coefficient (Wildman–Crippen LogP) is 2.65. The highest BCUT2D eigenvalue weighted by molar-refractivity contribution is 5.81. The van der Waals surface area contributed by atoms with Crippen LogP contribution in [0.2, 0.25) is 0 Å². The number of methoxy groups -OCH3 is 1. The standard InChI is InChI=1S/C16H17NO2/c1-17-16(18)11-13-6-3-4-9-15(13)12-7-5-8-14(10-12)19-2/h3-10H,11H2,1-2H3,(H,17,18).